The van der Waals surface area contributed by atoms with E-state index in [0.717, 1.165) is 22.9 Å². The van der Waals surface area contributed by atoms with E-state index in [1.165, 1.54) is 50.3 Å². The lowest BCUT2D eigenvalue weighted by Crippen LogP contribution is -2.48. The lowest BCUT2D eigenvalue weighted by Gasteiger charge is -2.44. The number of nitrogens with zero attached hydrogens (tertiary/aromatic N) is 6. The van der Waals surface area contributed by atoms with Crippen molar-refractivity contribution in [2.24, 2.45) is 0 Å². The van der Waals surface area contributed by atoms with Crippen molar-refractivity contribution in [2.45, 2.75) is 58.4 Å². The van der Waals surface area contributed by atoms with Crippen LogP contribution in [-0.4, -0.2) is 28.1 Å². The van der Waals surface area contributed by atoms with Crippen LogP contribution < -0.4 is 14.7 Å². The molecule has 6 nitrogen and oxygen atoms in total. The maximum atomic E-state index is 5.22. The fraction of sp³-hybridized carbons (Fsp3) is 0.250. The molecule has 4 atom stereocenters. The van der Waals surface area contributed by atoms with Gasteiger partial charge in [0.1, 0.15) is 17.5 Å². The summed E-state index contributed by atoms with van der Waals surface area (Å²) in [6.45, 7) is 11.2. The summed E-state index contributed by atoms with van der Waals surface area (Å²) in [5.41, 5.74) is 13.5. The Balaban J connectivity index is 1.20. The molecule has 5 aromatic rings. The molecule has 46 heavy (non-hydrogen) atoms. The predicted molar refractivity (Wildman–Crippen MR) is 186 cm³/mol. The van der Waals surface area contributed by atoms with Gasteiger partial charge in [-0.05, 0) is 68.5 Å². The van der Waals surface area contributed by atoms with E-state index < -0.39 is 0 Å². The SMILES string of the molecule is Cc1cc(C)c(N2C=CN3[C@@H](C4c5ccccc5N5c6cnc(-c7ccccc7C)nc6N(C)C45)c4ccccc4C23C)c(C)c1. The van der Waals surface area contributed by atoms with Gasteiger partial charge in [-0.15, -0.1) is 0 Å². The highest BCUT2D eigenvalue weighted by atomic mass is 15.5. The standard InChI is InChI=1S/C40H38N6/c1-24-21-26(3)35(27(4)22-24)44-19-20-45-36(29-15-9-11-17-31(29)40(44,45)5)34-30-16-10-12-18-32(30)46-33-23-41-37(28-14-8-7-13-25(28)2)42-38(33)43(6)39(34)46/h7-23,34,36,39H,1-6H3/t34?,36-,39?,40?/m1/s1. The van der Waals surface area contributed by atoms with E-state index in [1.54, 1.807) is 0 Å². The molecule has 4 aliphatic rings. The molecule has 228 valence electrons. The molecule has 4 aromatic carbocycles. The van der Waals surface area contributed by atoms with Crippen LogP contribution in [0.25, 0.3) is 11.4 Å². The van der Waals surface area contributed by atoms with Gasteiger partial charge in [-0.1, -0.05) is 84.4 Å². The summed E-state index contributed by atoms with van der Waals surface area (Å²) in [5.74, 6) is 1.91. The first-order chi connectivity index (χ1) is 22.3. The van der Waals surface area contributed by atoms with Crippen LogP contribution in [0, 0.1) is 27.7 Å². The van der Waals surface area contributed by atoms with Crippen LogP contribution in [-0.2, 0) is 5.66 Å². The highest BCUT2D eigenvalue weighted by molar-refractivity contribution is 5.87. The third kappa shape index (κ3) is 3.42. The largest absolute Gasteiger partial charge is 0.342 e. The monoisotopic (exact) mass is 602 g/mol. The molecule has 0 amide bonds. The van der Waals surface area contributed by atoms with E-state index in [-0.39, 0.29) is 23.8 Å². The number of anilines is 4. The van der Waals surface area contributed by atoms with Gasteiger partial charge in [-0.2, -0.15) is 0 Å². The number of aryl methyl sites for hydroxylation is 4. The van der Waals surface area contributed by atoms with Crippen molar-refractivity contribution < 1.29 is 0 Å². The van der Waals surface area contributed by atoms with Gasteiger partial charge >= 0.3 is 0 Å². The lowest BCUT2D eigenvalue weighted by atomic mass is 9.86. The van der Waals surface area contributed by atoms with E-state index in [2.05, 4.69) is 159 Å². The zero-order valence-electron chi connectivity index (χ0n) is 27.2. The second kappa shape index (κ2) is 9.46. The van der Waals surface area contributed by atoms with Gasteiger partial charge in [-0.25, -0.2) is 9.97 Å². The minimum atomic E-state index is -0.365. The number of aromatic nitrogens is 2. The Morgan fingerprint density at radius 3 is 2.22 bits per heavy atom. The van der Waals surface area contributed by atoms with Gasteiger partial charge in [0.2, 0.25) is 0 Å². The molecule has 0 bridgehead atoms. The average Bonchev–Trinajstić information content (AvgIpc) is 3.72. The minimum absolute atomic E-state index is 0.0551. The summed E-state index contributed by atoms with van der Waals surface area (Å²) in [4.78, 5) is 20.2. The van der Waals surface area contributed by atoms with Crippen molar-refractivity contribution in [1.29, 1.82) is 0 Å². The van der Waals surface area contributed by atoms with Crippen LogP contribution >= 0.6 is 0 Å². The Morgan fingerprint density at radius 1 is 0.739 bits per heavy atom. The summed E-state index contributed by atoms with van der Waals surface area (Å²) < 4.78 is 0. The summed E-state index contributed by atoms with van der Waals surface area (Å²) in [7, 11) is 2.21. The van der Waals surface area contributed by atoms with Crippen molar-refractivity contribution in [2.75, 3.05) is 21.7 Å². The summed E-state index contributed by atoms with van der Waals surface area (Å²) in [5, 5.41) is 0. The number of rotatable bonds is 3. The zero-order chi connectivity index (χ0) is 31.5. The topological polar surface area (TPSA) is 38.7 Å². The maximum absolute atomic E-state index is 5.22. The fourth-order valence-corrected chi connectivity index (χ4v) is 9.08. The normalized spacial score (nSPS) is 23.5. The number of likely N-dealkylation sites (N-methyl/N-ethyl adjacent to an activating group) is 1. The Bertz CT molecular complexity index is 2080. The second-order valence-electron chi connectivity index (χ2n) is 13.6. The van der Waals surface area contributed by atoms with Gasteiger partial charge in [0.25, 0.3) is 0 Å². The number of hydrogen-bond acceptors (Lipinski definition) is 6. The molecule has 5 heterocycles. The van der Waals surface area contributed by atoms with Crippen molar-refractivity contribution in [1.82, 2.24) is 14.9 Å². The highest BCUT2D eigenvalue weighted by Crippen LogP contribution is 2.63. The van der Waals surface area contributed by atoms with Crippen LogP contribution in [0.4, 0.5) is 22.9 Å². The first kappa shape index (κ1) is 27.2. The Hall–Kier alpha value is -5.10. The van der Waals surface area contributed by atoms with Crippen molar-refractivity contribution in [3.8, 4) is 11.4 Å². The van der Waals surface area contributed by atoms with E-state index in [4.69, 9.17) is 9.97 Å². The van der Waals surface area contributed by atoms with Crippen LogP contribution in [0.5, 0.6) is 0 Å². The lowest BCUT2D eigenvalue weighted by molar-refractivity contribution is 0.142. The first-order valence-electron chi connectivity index (χ1n) is 16.3. The van der Waals surface area contributed by atoms with Crippen LogP contribution in [0.2, 0.25) is 0 Å². The third-order valence-electron chi connectivity index (χ3n) is 10.9. The number of fused-ring (bicyclic) bond motifs is 8. The molecular weight excluding hydrogens is 564 g/mol. The molecule has 0 N–H and O–H groups in total. The minimum Gasteiger partial charge on any atom is -0.342 e. The van der Waals surface area contributed by atoms with Gasteiger partial charge in [0.15, 0.2) is 11.6 Å². The smallest absolute Gasteiger partial charge is 0.161 e. The molecule has 0 fully saturated rings. The second-order valence-corrected chi connectivity index (χ2v) is 13.6. The maximum Gasteiger partial charge on any atom is 0.161 e. The molecule has 6 heteroatoms. The molecular formula is C40H38N6. The Kier molecular flexibility index (Phi) is 5.60. The predicted octanol–water partition coefficient (Wildman–Crippen LogP) is 8.61. The fourth-order valence-electron chi connectivity index (χ4n) is 9.08. The quantitative estimate of drug-likeness (QED) is 0.206. The first-order valence-corrected chi connectivity index (χ1v) is 16.3. The zero-order valence-corrected chi connectivity index (χ0v) is 27.2. The van der Waals surface area contributed by atoms with Crippen LogP contribution in [0.3, 0.4) is 0 Å². The number of benzene rings is 4. The summed E-state index contributed by atoms with van der Waals surface area (Å²) in [6.07, 6.45) is 6.73. The highest BCUT2D eigenvalue weighted by Gasteiger charge is 2.60. The molecule has 0 radical (unpaired) electrons. The van der Waals surface area contributed by atoms with E-state index >= 15 is 0 Å². The van der Waals surface area contributed by atoms with E-state index in [0.29, 0.717) is 0 Å². The number of hydrogen-bond donors (Lipinski definition) is 0. The Morgan fingerprint density at radius 2 is 1.43 bits per heavy atom. The summed E-state index contributed by atoms with van der Waals surface area (Å²) in [6, 6.07) is 31.2. The number of para-hydroxylation sites is 1. The van der Waals surface area contributed by atoms with E-state index in [1.807, 2.05) is 6.20 Å². The molecule has 0 aliphatic carbocycles. The van der Waals surface area contributed by atoms with E-state index in [9.17, 15) is 0 Å². The van der Waals surface area contributed by atoms with Crippen molar-refractivity contribution in [3.05, 3.63) is 142 Å². The molecule has 0 spiro atoms. The van der Waals surface area contributed by atoms with Gasteiger partial charge in [0, 0.05) is 41.9 Å². The molecule has 0 saturated heterocycles. The van der Waals surface area contributed by atoms with Crippen molar-refractivity contribution in [3.63, 3.8) is 0 Å². The van der Waals surface area contributed by atoms with Crippen LogP contribution in [0.1, 0.15) is 57.8 Å². The third-order valence-corrected chi connectivity index (χ3v) is 10.9. The molecule has 3 unspecified atom stereocenters. The van der Waals surface area contributed by atoms with Gasteiger partial charge in [-0.3, -0.25) is 0 Å². The molecule has 4 aliphatic heterocycles. The summed E-state index contributed by atoms with van der Waals surface area (Å²) >= 11 is 0. The molecule has 0 saturated carbocycles. The Labute approximate surface area is 271 Å². The van der Waals surface area contributed by atoms with Gasteiger partial charge in [0.05, 0.1) is 18.2 Å². The molecule has 1 aromatic heterocycles. The average molecular weight is 603 g/mol. The van der Waals surface area contributed by atoms with Crippen LogP contribution in [0.15, 0.2) is 104 Å². The molecule has 9 rings (SSSR count). The van der Waals surface area contributed by atoms with Gasteiger partial charge < -0.3 is 19.6 Å². The van der Waals surface area contributed by atoms with Crippen molar-refractivity contribution >= 4 is 22.9 Å².